The average Bonchev–Trinajstić information content (AvgIpc) is 2.74. The molecular weight excluding hydrogens is 238 g/mol. The Hall–Kier alpha value is -1.06. The average molecular weight is 263 g/mol. The van der Waals surface area contributed by atoms with Gasteiger partial charge in [0.15, 0.2) is 0 Å². The van der Waals surface area contributed by atoms with Gasteiger partial charge in [0.05, 0.1) is 19.3 Å². The van der Waals surface area contributed by atoms with Crippen LogP contribution >= 0.6 is 0 Å². The van der Waals surface area contributed by atoms with Crippen LogP contribution < -0.4 is 10.1 Å². The predicted molar refractivity (Wildman–Crippen MR) is 77.7 cm³/mol. The summed E-state index contributed by atoms with van der Waals surface area (Å²) in [6.45, 7) is 5.30. The first-order valence-electron chi connectivity index (χ1n) is 7.11. The lowest BCUT2D eigenvalue weighted by atomic mass is 10.1. The molecule has 2 rings (SSSR count). The Labute approximate surface area is 116 Å². The number of ether oxygens (including phenoxy) is 2. The van der Waals surface area contributed by atoms with E-state index in [1.807, 2.05) is 13.1 Å². The maximum Gasteiger partial charge on any atom is 0.119 e. The predicted octanol–water partition coefficient (Wildman–Crippen LogP) is 2.94. The molecule has 1 aliphatic rings. The third-order valence-corrected chi connectivity index (χ3v) is 3.82. The normalized spacial score (nSPS) is 21.7. The van der Waals surface area contributed by atoms with Gasteiger partial charge in [0.2, 0.25) is 0 Å². The fourth-order valence-corrected chi connectivity index (χ4v) is 2.66. The minimum Gasteiger partial charge on any atom is -0.497 e. The smallest absolute Gasteiger partial charge is 0.119 e. The number of hydrogen-bond acceptors (Lipinski definition) is 3. The monoisotopic (exact) mass is 263 g/mol. The van der Waals surface area contributed by atoms with Gasteiger partial charge in [-0.05, 0) is 42.6 Å². The molecule has 0 amide bonds. The van der Waals surface area contributed by atoms with Crippen molar-refractivity contribution in [3.63, 3.8) is 0 Å². The highest BCUT2D eigenvalue weighted by Gasteiger charge is 2.32. The van der Waals surface area contributed by atoms with Crippen molar-refractivity contribution in [1.82, 2.24) is 5.32 Å². The van der Waals surface area contributed by atoms with Gasteiger partial charge in [-0.25, -0.2) is 0 Å². The fraction of sp³-hybridized carbons (Fsp3) is 0.625. The van der Waals surface area contributed by atoms with Crippen LogP contribution in [0.5, 0.6) is 5.75 Å². The highest BCUT2D eigenvalue weighted by molar-refractivity contribution is 5.42. The van der Waals surface area contributed by atoms with E-state index in [0.29, 0.717) is 5.92 Å². The summed E-state index contributed by atoms with van der Waals surface area (Å²) >= 11 is 0. The topological polar surface area (TPSA) is 30.5 Å². The molecule has 106 valence electrons. The molecule has 0 aliphatic heterocycles. The van der Waals surface area contributed by atoms with E-state index < -0.39 is 0 Å². The second kappa shape index (κ2) is 6.40. The maximum absolute atomic E-state index is 6.07. The number of benzene rings is 1. The number of hydrogen-bond donors (Lipinski definition) is 1. The van der Waals surface area contributed by atoms with Gasteiger partial charge in [0, 0.05) is 13.0 Å². The standard InChI is InChI=1S/C16H25NO2/c1-11(2)7-8-19-15-9-12-5-6-13(18-4)10-14(12)16(15)17-3/h5-6,10-11,15-17H,7-9H2,1-4H3. The number of fused-ring (bicyclic) bond motifs is 1. The summed E-state index contributed by atoms with van der Waals surface area (Å²) in [5.41, 5.74) is 2.69. The fourth-order valence-electron chi connectivity index (χ4n) is 2.66. The molecule has 3 heteroatoms. The Balaban J connectivity index is 2.05. The Kier molecular flexibility index (Phi) is 4.83. The Morgan fingerprint density at radius 2 is 2.16 bits per heavy atom. The Bertz CT molecular complexity index is 417. The molecule has 0 radical (unpaired) electrons. The zero-order valence-electron chi connectivity index (χ0n) is 12.4. The summed E-state index contributed by atoms with van der Waals surface area (Å²) in [5, 5.41) is 3.38. The molecule has 1 aliphatic carbocycles. The van der Waals surface area contributed by atoms with Gasteiger partial charge >= 0.3 is 0 Å². The lowest BCUT2D eigenvalue weighted by molar-refractivity contribution is 0.0306. The van der Waals surface area contributed by atoms with Crippen LogP contribution in [0.4, 0.5) is 0 Å². The van der Waals surface area contributed by atoms with Crippen LogP contribution in [-0.4, -0.2) is 26.9 Å². The zero-order chi connectivity index (χ0) is 13.8. The van der Waals surface area contributed by atoms with Gasteiger partial charge < -0.3 is 14.8 Å². The Morgan fingerprint density at radius 1 is 1.37 bits per heavy atom. The number of rotatable bonds is 6. The van der Waals surface area contributed by atoms with Gasteiger partial charge in [0.1, 0.15) is 5.75 Å². The first-order chi connectivity index (χ1) is 9.15. The molecule has 0 aromatic heterocycles. The van der Waals surface area contributed by atoms with E-state index in [1.165, 1.54) is 11.1 Å². The summed E-state index contributed by atoms with van der Waals surface area (Å²) in [6.07, 6.45) is 2.35. The number of likely N-dealkylation sites (N-methyl/N-ethyl adjacent to an activating group) is 1. The quantitative estimate of drug-likeness (QED) is 0.856. The van der Waals surface area contributed by atoms with E-state index in [0.717, 1.165) is 25.2 Å². The molecule has 2 unspecified atom stereocenters. The van der Waals surface area contributed by atoms with Gasteiger partial charge in [-0.15, -0.1) is 0 Å². The number of nitrogens with one attached hydrogen (secondary N) is 1. The Morgan fingerprint density at radius 3 is 2.79 bits per heavy atom. The van der Waals surface area contributed by atoms with Crippen LogP contribution in [0.2, 0.25) is 0 Å². The summed E-state index contributed by atoms with van der Waals surface area (Å²) in [5.74, 6) is 1.61. The molecule has 0 spiro atoms. The van der Waals surface area contributed by atoms with Crippen molar-refractivity contribution in [3.05, 3.63) is 29.3 Å². The molecule has 19 heavy (non-hydrogen) atoms. The van der Waals surface area contributed by atoms with Crippen LogP contribution in [0.3, 0.4) is 0 Å². The third-order valence-electron chi connectivity index (χ3n) is 3.82. The second-order valence-electron chi connectivity index (χ2n) is 5.63. The summed E-state index contributed by atoms with van der Waals surface area (Å²) < 4.78 is 11.4. The molecular formula is C16H25NO2. The highest BCUT2D eigenvalue weighted by Crippen LogP contribution is 2.35. The summed E-state index contributed by atoms with van der Waals surface area (Å²) in [6, 6.07) is 6.59. The van der Waals surface area contributed by atoms with Crippen molar-refractivity contribution in [3.8, 4) is 5.75 Å². The molecule has 1 N–H and O–H groups in total. The van der Waals surface area contributed by atoms with Crippen molar-refractivity contribution >= 4 is 0 Å². The van der Waals surface area contributed by atoms with Gasteiger partial charge in [-0.1, -0.05) is 19.9 Å². The minimum absolute atomic E-state index is 0.242. The van der Waals surface area contributed by atoms with E-state index in [1.54, 1.807) is 7.11 Å². The minimum atomic E-state index is 0.242. The summed E-state index contributed by atoms with van der Waals surface area (Å²) in [7, 11) is 3.71. The van der Waals surface area contributed by atoms with Crippen molar-refractivity contribution in [2.75, 3.05) is 20.8 Å². The van der Waals surface area contributed by atoms with E-state index in [4.69, 9.17) is 9.47 Å². The molecule has 3 nitrogen and oxygen atoms in total. The molecule has 2 atom stereocenters. The molecule has 0 bridgehead atoms. The lowest BCUT2D eigenvalue weighted by Crippen LogP contribution is -2.28. The van der Waals surface area contributed by atoms with Crippen LogP contribution in [0, 0.1) is 5.92 Å². The largest absolute Gasteiger partial charge is 0.497 e. The van der Waals surface area contributed by atoms with Gasteiger partial charge in [-0.2, -0.15) is 0 Å². The van der Waals surface area contributed by atoms with Crippen LogP contribution in [0.25, 0.3) is 0 Å². The van der Waals surface area contributed by atoms with Crippen LogP contribution in [0.15, 0.2) is 18.2 Å². The van der Waals surface area contributed by atoms with Crippen LogP contribution in [0.1, 0.15) is 37.4 Å². The molecule has 0 saturated carbocycles. The zero-order valence-corrected chi connectivity index (χ0v) is 12.4. The highest BCUT2D eigenvalue weighted by atomic mass is 16.5. The molecule has 0 saturated heterocycles. The van der Waals surface area contributed by atoms with E-state index in [2.05, 4.69) is 31.3 Å². The van der Waals surface area contributed by atoms with Crippen molar-refractivity contribution in [2.24, 2.45) is 5.92 Å². The number of methoxy groups -OCH3 is 1. The second-order valence-corrected chi connectivity index (χ2v) is 5.63. The molecule has 1 aromatic carbocycles. The molecule has 0 heterocycles. The lowest BCUT2D eigenvalue weighted by Gasteiger charge is -2.21. The van der Waals surface area contributed by atoms with Crippen LogP contribution in [-0.2, 0) is 11.2 Å². The van der Waals surface area contributed by atoms with Gasteiger partial charge in [-0.3, -0.25) is 0 Å². The SMILES string of the molecule is CNC1c2cc(OC)ccc2CC1OCCC(C)C. The van der Waals surface area contributed by atoms with Crippen molar-refractivity contribution < 1.29 is 9.47 Å². The van der Waals surface area contributed by atoms with E-state index in [-0.39, 0.29) is 12.1 Å². The third kappa shape index (κ3) is 3.28. The molecule has 1 aromatic rings. The van der Waals surface area contributed by atoms with Gasteiger partial charge in [0.25, 0.3) is 0 Å². The van der Waals surface area contributed by atoms with E-state index in [9.17, 15) is 0 Å². The van der Waals surface area contributed by atoms with Crippen molar-refractivity contribution in [1.29, 1.82) is 0 Å². The van der Waals surface area contributed by atoms with Crippen molar-refractivity contribution in [2.45, 2.75) is 38.8 Å². The van der Waals surface area contributed by atoms with E-state index >= 15 is 0 Å². The maximum atomic E-state index is 6.07. The molecule has 0 fully saturated rings. The first kappa shape index (κ1) is 14.4. The summed E-state index contributed by atoms with van der Waals surface area (Å²) in [4.78, 5) is 0. The first-order valence-corrected chi connectivity index (χ1v) is 7.11.